The predicted molar refractivity (Wildman–Crippen MR) is 96.7 cm³/mol. The van der Waals surface area contributed by atoms with E-state index in [2.05, 4.69) is 0 Å². The van der Waals surface area contributed by atoms with E-state index in [4.69, 9.17) is 9.47 Å². The molecule has 7 heteroatoms. The summed E-state index contributed by atoms with van der Waals surface area (Å²) >= 11 is 0. The van der Waals surface area contributed by atoms with Gasteiger partial charge in [-0.3, -0.25) is 9.59 Å². The number of benzene rings is 2. The average molecular weight is 387 g/mol. The number of carbonyl (C=O) groups excluding carboxylic acids is 2. The van der Waals surface area contributed by atoms with Gasteiger partial charge < -0.3 is 14.4 Å². The van der Waals surface area contributed by atoms with Crippen molar-refractivity contribution >= 4 is 11.7 Å². The van der Waals surface area contributed by atoms with Crippen molar-refractivity contribution in [1.29, 1.82) is 0 Å². The van der Waals surface area contributed by atoms with Crippen molar-refractivity contribution < 1.29 is 27.8 Å². The van der Waals surface area contributed by atoms with Crippen molar-refractivity contribution in [3.63, 3.8) is 0 Å². The number of fused-ring (bicyclic) bond motifs is 1. The minimum absolute atomic E-state index is 0.000808. The van der Waals surface area contributed by atoms with E-state index in [1.54, 1.807) is 18.2 Å². The van der Waals surface area contributed by atoms with Gasteiger partial charge in [0.1, 0.15) is 24.8 Å². The fourth-order valence-electron chi connectivity index (χ4n) is 3.64. The first-order valence-electron chi connectivity index (χ1n) is 9.20. The Labute approximate surface area is 160 Å². The molecule has 2 aliphatic rings. The molecule has 28 heavy (non-hydrogen) atoms. The second-order valence-corrected chi connectivity index (χ2v) is 6.95. The van der Waals surface area contributed by atoms with Crippen molar-refractivity contribution in [3.8, 4) is 11.5 Å². The Morgan fingerprint density at radius 1 is 0.857 bits per heavy atom. The Balaban J connectivity index is 1.41. The standard InChI is InChI=1S/C21H19F2NO4/c22-16-9-15(10-17(23)12-16)21(26)24-5-3-13(4-6-24)20(25)14-1-2-18-19(11-14)28-8-7-27-18/h1-2,9-13H,3-8H2. The quantitative estimate of drug-likeness (QED) is 0.757. The number of carbonyl (C=O) groups is 2. The highest BCUT2D eigenvalue weighted by Gasteiger charge is 2.29. The Morgan fingerprint density at radius 3 is 2.18 bits per heavy atom. The number of likely N-dealkylation sites (tertiary alicyclic amines) is 1. The molecular weight excluding hydrogens is 368 g/mol. The number of nitrogens with zero attached hydrogens (tertiary/aromatic N) is 1. The Kier molecular flexibility index (Phi) is 4.98. The molecule has 0 aromatic heterocycles. The molecule has 146 valence electrons. The molecule has 2 heterocycles. The summed E-state index contributed by atoms with van der Waals surface area (Å²) in [6.45, 7) is 1.66. The third-order valence-corrected chi connectivity index (χ3v) is 5.09. The molecule has 0 unspecified atom stereocenters. The molecule has 2 aromatic carbocycles. The summed E-state index contributed by atoms with van der Waals surface area (Å²) in [5, 5.41) is 0. The number of amides is 1. The van der Waals surface area contributed by atoms with Gasteiger partial charge in [-0.05, 0) is 43.2 Å². The van der Waals surface area contributed by atoms with Crippen LogP contribution in [0, 0.1) is 17.6 Å². The van der Waals surface area contributed by atoms with Crippen LogP contribution in [0.2, 0.25) is 0 Å². The van der Waals surface area contributed by atoms with Gasteiger partial charge in [0, 0.05) is 36.2 Å². The van der Waals surface area contributed by atoms with E-state index < -0.39 is 17.5 Å². The van der Waals surface area contributed by atoms with Gasteiger partial charge in [-0.2, -0.15) is 0 Å². The summed E-state index contributed by atoms with van der Waals surface area (Å²) in [6, 6.07) is 7.94. The normalized spacial score (nSPS) is 16.7. The van der Waals surface area contributed by atoms with Gasteiger partial charge in [-0.1, -0.05) is 0 Å². The molecule has 2 aromatic rings. The molecule has 0 aliphatic carbocycles. The minimum atomic E-state index is -0.785. The third-order valence-electron chi connectivity index (χ3n) is 5.09. The second kappa shape index (κ2) is 7.58. The van der Waals surface area contributed by atoms with Crippen LogP contribution in [0.1, 0.15) is 33.6 Å². The number of halogens is 2. The van der Waals surface area contributed by atoms with Gasteiger partial charge in [-0.15, -0.1) is 0 Å². The van der Waals surface area contributed by atoms with Crippen LogP contribution in [0.5, 0.6) is 11.5 Å². The highest BCUT2D eigenvalue weighted by atomic mass is 19.1. The number of ether oxygens (including phenoxy) is 2. The summed E-state index contributed by atoms with van der Waals surface area (Å²) in [6.07, 6.45) is 0.994. The molecule has 2 aliphatic heterocycles. The highest BCUT2D eigenvalue weighted by molar-refractivity contribution is 5.99. The van der Waals surface area contributed by atoms with Gasteiger partial charge in [0.25, 0.3) is 5.91 Å². The third kappa shape index (κ3) is 3.69. The van der Waals surface area contributed by atoms with E-state index in [1.807, 2.05) is 0 Å². The molecule has 1 saturated heterocycles. The van der Waals surface area contributed by atoms with Gasteiger partial charge in [0.15, 0.2) is 17.3 Å². The van der Waals surface area contributed by atoms with E-state index in [1.165, 1.54) is 4.90 Å². The Bertz CT molecular complexity index is 902. The lowest BCUT2D eigenvalue weighted by Gasteiger charge is -2.31. The number of hydrogen-bond acceptors (Lipinski definition) is 4. The fourth-order valence-corrected chi connectivity index (χ4v) is 3.64. The van der Waals surface area contributed by atoms with Crippen molar-refractivity contribution in [1.82, 2.24) is 4.90 Å². The molecule has 1 fully saturated rings. The van der Waals surface area contributed by atoms with Gasteiger partial charge in [-0.25, -0.2) is 8.78 Å². The van der Waals surface area contributed by atoms with E-state index in [9.17, 15) is 18.4 Å². The minimum Gasteiger partial charge on any atom is -0.486 e. The van der Waals surface area contributed by atoms with Crippen molar-refractivity contribution in [2.45, 2.75) is 12.8 Å². The van der Waals surface area contributed by atoms with E-state index in [0.29, 0.717) is 56.2 Å². The van der Waals surface area contributed by atoms with E-state index in [0.717, 1.165) is 18.2 Å². The molecule has 0 saturated carbocycles. The Hall–Kier alpha value is -2.96. The van der Waals surface area contributed by atoms with Crippen LogP contribution >= 0.6 is 0 Å². The summed E-state index contributed by atoms with van der Waals surface area (Å²) in [5.74, 6) is -1.01. The zero-order valence-electron chi connectivity index (χ0n) is 15.1. The van der Waals surface area contributed by atoms with Gasteiger partial charge >= 0.3 is 0 Å². The van der Waals surface area contributed by atoms with Crippen LogP contribution in [0.3, 0.4) is 0 Å². The highest BCUT2D eigenvalue weighted by Crippen LogP contribution is 2.32. The lowest BCUT2D eigenvalue weighted by atomic mass is 9.88. The molecule has 0 bridgehead atoms. The molecule has 4 rings (SSSR count). The van der Waals surface area contributed by atoms with Crippen LogP contribution < -0.4 is 9.47 Å². The number of hydrogen-bond donors (Lipinski definition) is 0. The summed E-state index contributed by atoms with van der Waals surface area (Å²) in [5.41, 5.74) is 0.537. The van der Waals surface area contributed by atoms with E-state index in [-0.39, 0.29) is 17.3 Å². The lowest BCUT2D eigenvalue weighted by Crippen LogP contribution is -2.40. The number of ketones is 1. The zero-order chi connectivity index (χ0) is 19.7. The van der Waals surface area contributed by atoms with Gasteiger partial charge in [0.05, 0.1) is 0 Å². The lowest BCUT2D eigenvalue weighted by molar-refractivity contribution is 0.0649. The van der Waals surface area contributed by atoms with Crippen LogP contribution in [0.15, 0.2) is 36.4 Å². The summed E-state index contributed by atoms with van der Waals surface area (Å²) in [4.78, 5) is 26.8. The molecule has 0 N–H and O–H groups in total. The zero-order valence-corrected chi connectivity index (χ0v) is 15.1. The summed E-state index contributed by atoms with van der Waals surface area (Å²) in [7, 11) is 0. The smallest absolute Gasteiger partial charge is 0.254 e. The maximum absolute atomic E-state index is 13.4. The van der Waals surface area contributed by atoms with Gasteiger partial charge in [0.2, 0.25) is 0 Å². The van der Waals surface area contributed by atoms with Crippen LogP contribution in [-0.2, 0) is 0 Å². The first kappa shape index (κ1) is 18.4. The van der Waals surface area contributed by atoms with Crippen molar-refractivity contribution in [3.05, 3.63) is 59.2 Å². The molecule has 0 atom stereocenters. The van der Waals surface area contributed by atoms with Crippen LogP contribution in [-0.4, -0.2) is 42.9 Å². The monoisotopic (exact) mass is 387 g/mol. The first-order chi connectivity index (χ1) is 13.5. The number of rotatable bonds is 3. The second-order valence-electron chi connectivity index (χ2n) is 6.95. The fraction of sp³-hybridized carbons (Fsp3) is 0.333. The molecule has 1 amide bonds. The maximum Gasteiger partial charge on any atom is 0.254 e. The predicted octanol–water partition coefficient (Wildman–Crippen LogP) is 3.47. The maximum atomic E-state index is 13.4. The van der Waals surface area contributed by atoms with Crippen LogP contribution in [0.25, 0.3) is 0 Å². The van der Waals surface area contributed by atoms with Crippen molar-refractivity contribution in [2.75, 3.05) is 26.3 Å². The largest absolute Gasteiger partial charge is 0.486 e. The summed E-state index contributed by atoms with van der Waals surface area (Å²) < 4.78 is 37.7. The van der Waals surface area contributed by atoms with E-state index >= 15 is 0 Å². The average Bonchev–Trinajstić information content (AvgIpc) is 2.72. The Morgan fingerprint density at radius 2 is 1.50 bits per heavy atom. The SMILES string of the molecule is O=C(c1ccc2c(c1)OCCO2)C1CCN(C(=O)c2cc(F)cc(F)c2)CC1. The molecule has 5 nitrogen and oxygen atoms in total. The topological polar surface area (TPSA) is 55.8 Å². The number of piperidine rings is 1. The van der Waals surface area contributed by atoms with Crippen LogP contribution in [0.4, 0.5) is 8.78 Å². The van der Waals surface area contributed by atoms with Crippen molar-refractivity contribution in [2.24, 2.45) is 5.92 Å². The first-order valence-corrected chi connectivity index (χ1v) is 9.20. The number of Topliss-reactive ketones (excluding diaryl/α,β-unsaturated/α-hetero) is 1. The molecule has 0 radical (unpaired) electrons. The molecular formula is C21H19F2NO4. The molecule has 0 spiro atoms.